The third-order valence-corrected chi connectivity index (χ3v) is 4.85. The molecule has 0 radical (unpaired) electrons. The standard InChI is InChI=1S/C14H25NO4/c16-8-11-2-1-3-12(11)15-9-14(19)6-4-10(5-7-14)13(17)18/h10-12,15-16,19H,1-9H2,(H,17,18). The fourth-order valence-corrected chi connectivity index (χ4v) is 3.42. The highest BCUT2D eigenvalue weighted by Crippen LogP contribution is 2.33. The molecule has 2 aliphatic rings. The maximum atomic E-state index is 10.9. The van der Waals surface area contributed by atoms with Crippen LogP contribution in [0.5, 0.6) is 0 Å². The molecule has 5 nitrogen and oxygen atoms in total. The van der Waals surface area contributed by atoms with Gasteiger partial charge in [0.1, 0.15) is 0 Å². The van der Waals surface area contributed by atoms with Gasteiger partial charge < -0.3 is 20.6 Å². The van der Waals surface area contributed by atoms with Crippen LogP contribution in [0.3, 0.4) is 0 Å². The number of aliphatic hydroxyl groups is 2. The minimum Gasteiger partial charge on any atom is -0.481 e. The number of aliphatic hydroxyl groups excluding tert-OH is 1. The van der Waals surface area contributed by atoms with E-state index in [0.29, 0.717) is 44.2 Å². The first-order chi connectivity index (χ1) is 9.04. The van der Waals surface area contributed by atoms with Crippen LogP contribution in [-0.2, 0) is 4.79 Å². The van der Waals surface area contributed by atoms with Gasteiger partial charge in [-0.2, -0.15) is 0 Å². The first-order valence-electron chi connectivity index (χ1n) is 7.33. The molecule has 0 heterocycles. The molecule has 2 aliphatic carbocycles. The van der Waals surface area contributed by atoms with Crippen molar-refractivity contribution in [3.8, 4) is 0 Å². The highest BCUT2D eigenvalue weighted by molar-refractivity contribution is 5.70. The Hall–Kier alpha value is -0.650. The zero-order valence-electron chi connectivity index (χ0n) is 11.3. The van der Waals surface area contributed by atoms with Crippen molar-refractivity contribution in [2.75, 3.05) is 13.2 Å². The Labute approximate surface area is 114 Å². The molecule has 0 aromatic carbocycles. The van der Waals surface area contributed by atoms with Crippen LogP contribution in [0.4, 0.5) is 0 Å². The quantitative estimate of drug-likeness (QED) is 0.592. The van der Waals surface area contributed by atoms with Crippen molar-refractivity contribution in [1.29, 1.82) is 0 Å². The van der Waals surface area contributed by atoms with Crippen molar-refractivity contribution in [3.63, 3.8) is 0 Å². The summed E-state index contributed by atoms with van der Waals surface area (Å²) in [5.74, 6) is -0.734. The van der Waals surface area contributed by atoms with Gasteiger partial charge in [0.05, 0.1) is 11.5 Å². The molecule has 2 rings (SSSR count). The summed E-state index contributed by atoms with van der Waals surface area (Å²) < 4.78 is 0. The molecule has 0 bridgehead atoms. The first-order valence-corrected chi connectivity index (χ1v) is 7.33. The average molecular weight is 271 g/mol. The molecular formula is C14H25NO4. The Balaban J connectivity index is 1.78. The number of carboxylic acid groups (broad SMARTS) is 1. The fraction of sp³-hybridized carbons (Fsp3) is 0.929. The van der Waals surface area contributed by atoms with Gasteiger partial charge in [-0.3, -0.25) is 4.79 Å². The van der Waals surface area contributed by atoms with Crippen molar-refractivity contribution < 1.29 is 20.1 Å². The number of aliphatic carboxylic acids is 1. The monoisotopic (exact) mass is 271 g/mol. The van der Waals surface area contributed by atoms with E-state index in [9.17, 15) is 15.0 Å². The van der Waals surface area contributed by atoms with Crippen LogP contribution in [0.1, 0.15) is 44.9 Å². The summed E-state index contributed by atoms with van der Waals surface area (Å²) >= 11 is 0. The Kier molecular flexibility index (Phi) is 4.81. The normalized spacial score (nSPS) is 39.4. The summed E-state index contributed by atoms with van der Waals surface area (Å²) in [5, 5.41) is 32.1. The summed E-state index contributed by atoms with van der Waals surface area (Å²) in [7, 11) is 0. The molecule has 0 saturated heterocycles. The van der Waals surface area contributed by atoms with Crippen molar-refractivity contribution in [1.82, 2.24) is 5.32 Å². The van der Waals surface area contributed by atoms with Crippen molar-refractivity contribution >= 4 is 5.97 Å². The molecule has 2 saturated carbocycles. The van der Waals surface area contributed by atoms with Crippen molar-refractivity contribution in [3.05, 3.63) is 0 Å². The van der Waals surface area contributed by atoms with Gasteiger partial charge in [0.2, 0.25) is 0 Å². The Morgan fingerprint density at radius 1 is 1.21 bits per heavy atom. The topological polar surface area (TPSA) is 89.8 Å². The molecule has 19 heavy (non-hydrogen) atoms. The summed E-state index contributed by atoms with van der Waals surface area (Å²) in [6, 6.07) is 0.297. The molecule has 0 aromatic rings. The van der Waals surface area contributed by atoms with Crippen molar-refractivity contribution in [2.45, 2.75) is 56.6 Å². The highest BCUT2D eigenvalue weighted by atomic mass is 16.4. The predicted molar refractivity (Wildman–Crippen MR) is 70.8 cm³/mol. The van der Waals surface area contributed by atoms with Crippen LogP contribution in [0, 0.1) is 11.8 Å². The molecule has 0 amide bonds. The van der Waals surface area contributed by atoms with Crippen LogP contribution in [0.25, 0.3) is 0 Å². The molecule has 0 aliphatic heterocycles. The summed E-state index contributed by atoms with van der Waals surface area (Å²) in [6.45, 7) is 0.720. The van der Waals surface area contributed by atoms with Gasteiger partial charge in [-0.25, -0.2) is 0 Å². The lowest BCUT2D eigenvalue weighted by Crippen LogP contribution is -2.48. The molecule has 0 spiro atoms. The molecule has 2 fully saturated rings. The van der Waals surface area contributed by atoms with E-state index in [1.165, 1.54) is 0 Å². The minimum atomic E-state index is -0.769. The van der Waals surface area contributed by atoms with E-state index in [2.05, 4.69) is 5.32 Å². The van der Waals surface area contributed by atoms with Gasteiger partial charge in [0, 0.05) is 19.2 Å². The minimum absolute atomic E-state index is 0.206. The number of carboxylic acids is 1. The summed E-state index contributed by atoms with van der Waals surface area (Å²) in [5.41, 5.74) is -0.769. The fourth-order valence-electron chi connectivity index (χ4n) is 3.42. The summed E-state index contributed by atoms with van der Waals surface area (Å²) in [4.78, 5) is 10.9. The third-order valence-electron chi connectivity index (χ3n) is 4.85. The zero-order chi connectivity index (χ0) is 13.9. The van der Waals surface area contributed by atoms with Crippen LogP contribution >= 0.6 is 0 Å². The van der Waals surface area contributed by atoms with E-state index in [1.807, 2.05) is 0 Å². The van der Waals surface area contributed by atoms with Crippen LogP contribution in [0.15, 0.2) is 0 Å². The van der Waals surface area contributed by atoms with Crippen LogP contribution in [0.2, 0.25) is 0 Å². The average Bonchev–Trinajstić information content (AvgIpc) is 2.84. The van der Waals surface area contributed by atoms with Gasteiger partial charge in [-0.05, 0) is 44.4 Å². The molecule has 5 heteroatoms. The predicted octanol–water partition coefficient (Wildman–Crippen LogP) is 0.743. The molecule has 0 aromatic heterocycles. The van der Waals surface area contributed by atoms with E-state index in [-0.39, 0.29) is 12.5 Å². The largest absolute Gasteiger partial charge is 0.481 e. The van der Waals surface area contributed by atoms with E-state index in [4.69, 9.17) is 5.11 Å². The summed E-state index contributed by atoms with van der Waals surface area (Å²) in [6.07, 6.45) is 5.44. The Bertz CT molecular complexity index is 313. The van der Waals surface area contributed by atoms with Gasteiger partial charge in [0.15, 0.2) is 0 Å². The maximum absolute atomic E-state index is 10.9. The zero-order valence-corrected chi connectivity index (χ0v) is 11.3. The molecule has 2 atom stereocenters. The number of rotatable bonds is 5. The van der Waals surface area contributed by atoms with Crippen molar-refractivity contribution in [2.24, 2.45) is 11.8 Å². The lowest BCUT2D eigenvalue weighted by Gasteiger charge is -2.36. The lowest BCUT2D eigenvalue weighted by molar-refractivity contribution is -0.144. The van der Waals surface area contributed by atoms with Gasteiger partial charge in [0.25, 0.3) is 0 Å². The highest BCUT2D eigenvalue weighted by Gasteiger charge is 2.37. The number of hydrogen-bond donors (Lipinski definition) is 4. The van der Waals surface area contributed by atoms with Crippen LogP contribution < -0.4 is 5.32 Å². The SMILES string of the molecule is O=C(O)C1CCC(O)(CNC2CCCC2CO)CC1. The van der Waals surface area contributed by atoms with E-state index >= 15 is 0 Å². The second kappa shape index (κ2) is 6.20. The van der Waals surface area contributed by atoms with Gasteiger partial charge >= 0.3 is 5.97 Å². The number of nitrogens with one attached hydrogen (secondary N) is 1. The molecule has 110 valence electrons. The maximum Gasteiger partial charge on any atom is 0.306 e. The van der Waals surface area contributed by atoms with E-state index in [1.54, 1.807) is 0 Å². The smallest absolute Gasteiger partial charge is 0.306 e. The second-order valence-electron chi connectivity index (χ2n) is 6.20. The first kappa shape index (κ1) is 14.8. The number of hydrogen-bond acceptors (Lipinski definition) is 4. The molecule has 2 unspecified atom stereocenters. The molecule has 4 N–H and O–H groups in total. The molecular weight excluding hydrogens is 246 g/mol. The van der Waals surface area contributed by atoms with E-state index in [0.717, 1.165) is 19.3 Å². The third kappa shape index (κ3) is 3.68. The Morgan fingerprint density at radius 2 is 1.89 bits per heavy atom. The van der Waals surface area contributed by atoms with Crippen LogP contribution in [-0.4, -0.2) is 46.1 Å². The Morgan fingerprint density at radius 3 is 2.47 bits per heavy atom. The second-order valence-corrected chi connectivity index (χ2v) is 6.20. The number of carbonyl (C=O) groups is 1. The van der Waals surface area contributed by atoms with E-state index < -0.39 is 11.6 Å². The lowest BCUT2D eigenvalue weighted by atomic mass is 9.78. The van der Waals surface area contributed by atoms with Gasteiger partial charge in [-0.1, -0.05) is 6.42 Å². The van der Waals surface area contributed by atoms with Gasteiger partial charge in [-0.15, -0.1) is 0 Å².